The minimum absolute atomic E-state index is 0.0382. The van der Waals surface area contributed by atoms with E-state index in [1.54, 1.807) is 0 Å². The van der Waals surface area contributed by atoms with Crippen molar-refractivity contribution in [2.75, 3.05) is 13.2 Å². The minimum Gasteiger partial charge on any atom is -0.489 e. The van der Waals surface area contributed by atoms with Crippen LogP contribution in [0.3, 0.4) is 0 Å². The lowest BCUT2D eigenvalue weighted by molar-refractivity contribution is -0.386. The van der Waals surface area contributed by atoms with Crippen molar-refractivity contribution < 1.29 is 28.4 Å². The van der Waals surface area contributed by atoms with Crippen LogP contribution >= 0.6 is 0 Å². The van der Waals surface area contributed by atoms with Crippen LogP contribution in [0.15, 0.2) is 66.7 Å². The Morgan fingerprint density at radius 1 is 0.774 bits per heavy atom. The van der Waals surface area contributed by atoms with Crippen molar-refractivity contribution in [3.63, 3.8) is 0 Å². The Morgan fingerprint density at radius 3 is 2.19 bits per heavy atom. The first-order valence-corrected chi connectivity index (χ1v) is 9.09. The summed E-state index contributed by atoms with van der Waals surface area (Å²) in [4.78, 5) is 21.0. The van der Waals surface area contributed by atoms with Crippen molar-refractivity contribution in [3.8, 4) is 17.2 Å². The number of rotatable bonds is 10. The molecular formula is C21H17FN2O7. The van der Waals surface area contributed by atoms with Crippen molar-refractivity contribution in [2.24, 2.45) is 0 Å². The average Bonchev–Trinajstić information content (AvgIpc) is 2.77. The number of ether oxygens (including phenoxy) is 3. The van der Waals surface area contributed by atoms with Crippen molar-refractivity contribution in [3.05, 3.63) is 98.3 Å². The lowest BCUT2D eigenvalue weighted by atomic mass is 10.2. The smallest absolute Gasteiger partial charge is 0.314 e. The van der Waals surface area contributed by atoms with Gasteiger partial charge in [-0.15, -0.1) is 0 Å². The fourth-order valence-electron chi connectivity index (χ4n) is 2.67. The van der Waals surface area contributed by atoms with Crippen LogP contribution in [-0.4, -0.2) is 23.1 Å². The summed E-state index contributed by atoms with van der Waals surface area (Å²) in [5.41, 5.74) is 0.0678. The Kier molecular flexibility index (Phi) is 6.94. The number of halogens is 1. The van der Waals surface area contributed by atoms with Crippen LogP contribution in [0.1, 0.15) is 5.56 Å². The highest BCUT2D eigenvalue weighted by atomic mass is 19.1. The van der Waals surface area contributed by atoms with Crippen LogP contribution in [0.5, 0.6) is 17.2 Å². The quantitative estimate of drug-likeness (QED) is 0.262. The Morgan fingerprint density at radius 2 is 1.48 bits per heavy atom. The van der Waals surface area contributed by atoms with E-state index >= 15 is 0 Å². The molecule has 0 amide bonds. The van der Waals surface area contributed by atoms with Gasteiger partial charge in [0.2, 0.25) is 5.75 Å². The summed E-state index contributed by atoms with van der Waals surface area (Å²) >= 11 is 0. The zero-order valence-electron chi connectivity index (χ0n) is 16.1. The molecule has 0 saturated heterocycles. The molecule has 0 aliphatic rings. The van der Waals surface area contributed by atoms with Gasteiger partial charge in [0.15, 0.2) is 11.6 Å². The summed E-state index contributed by atoms with van der Waals surface area (Å²) in [5, 5.41) is 22.3. The molecule has 0 fully saturated rings. The first kappa shape index (κ1) is 21.5. The molecule has 3 aromatic carbocycles. The van der Waals surface area contributed by atoms with Gasteiger partial charge < -0.3 is 14.2 Å². The number of hydrogen-bond acceptors (Lipinski definition) is 7. The zero-order chi connectivity index (χ0) is 22.2. The third-order valence-electron chi connectivity index (χ3n) is 4.11. The van der Waals surface area contributed by atoms with E-state index in [0.29, 0.717) is 5.75 Å². The van der Waals surface area contributed by atoms with Crippen LogP contribution in [0, 0.1) is 26.0 Å². The van der Waals surface area contributed by atoms with Crippen LogP contribution in [0.25, 0.3) is 0 Å². The maximum absolute atomic E-state index is 13.8. The van der Waals surface area contributed by atoms with Gasteiger partial charge in [-0.1, -0.05) is 36.4 Å². The summed E-state index contributed by atoms with van der Waals surface area (Å²) in [5.74, 6) is -1.15. The maximum atomic E-state index is 13.8. The van der Waals surface area contributed by atoms with E-state index < -0.39 is 27.1 Å². The number of nitro groups is 2. The van der Waals surface area contributed by atoms with Crippen molar-refractivity contribution in [1.82, 2.24) is 0 Å². The van der Waals surface area contributed by atoms with Gasteiger partial charge in [0.25, 0.3) is 0 Å². The Hall–Kier alpha value is -4.21. The standard InChI is InChI=1S/C21H17FN2O7/c22-17-7-4-8-18(23(25)26)21(17)30-12-11-29-20-10-9-16(13-19(20)24(27)28)31-14-15-5-2-1-3-6-15/h1-10,13H,11-12,14H2. The Labute approximate surface area is 175 Å². The zero-order valence-corrected chi connectivity index (χ0v) is 16.1. The lowest BCUT2D eigenvalue weighted by Gasteiger charge is -2.11. The molecule has 0 aromatic heterocycles. The topological polar surface area (TPSA) is 114 Å². The van der Waals surface area contributed by atoms with Gasteiger partial charge >= 0.3 is 11.4 Å². The van der Waals surface area contributed by atoms with E-state index in [0.717, 1.165) is 17.7 Å². The predicted octanol–water partition coefficient (Wildman–Crippen LogP) is 4.68. The van der Waals surface area contributed by atoms with Gasteiger partial charge in [-0.05, 0) is 23.8 Å². The van der Waals surface area contributed by atoms with Gasteiger partial charge in [-0.2, -0.15) is 0 Å². The number of hydrogen-bond donors (Lipinski definition) is 0. The molecule has 0 bridgehead atoms. The fraction of sp³-hybridized carbons (Fsp3) is 0.143. The van der Waals surface area contributed by atoms with Gasteiger partial charge in [-0.3, -0.25) is 20.2 Å². The fourth-order valence-corrected chi connectivity index (χ4v) is 2.67. The molecule has 0 radical (unpaired) electrons. The van der Waals surface area contributed by atoms with Crippen molar-refractivity contribution in [1.29, 1.82) is 0 Å². The molecule has 0 atom stereocenters. The summed E-state index contributed by atoms with van der Waals surface area (Å²) in [6, 6.07) is 16.8. The number of nitro benzene ring substituents is 2. The first-order chi connectivity index (χ1) is 15.0. The van der Waals surface area contributed by atoms with E-state index in [4.69, 9.17) is 14.2 Å². The minimum atomic E-state index is -0.889. The van der Waals surface area contributed by atoms with E-state index in [1.165, 1.54) is 24.3 Å². The second-order valence-electron chi connectivity index (χ2n) is 6.20. The predicted molar refractivity (Wildman–Crippen MR) is 108 cm³/mol. The highest BCUT2D eigenvalue weighted by Crippen LogP contribution is 2.32. The summed E-state index contributed by atoms with van der Waals surface area (Å²) in [6.07, 6.45) is 0. The molecule has 9 nitrogen and oxygen atoms in total. The first-order valence-electron chi connectivity index (χ1n) is 9.09. The Balaban J connectivity index is 1.61. The molecule has 0 N–H and O–H groups in total. The summed E-state index contributed by atoms with van der Waals surface area (Å²) < 4.78 is 29.9. The molecule has 3 aromatic rings. The van der Waals surface area contributed by atoms with Gasteiger partial charge in [0, 0.05) is 6.07 Å². The number of benzene rings is 3. The van der Waals surface area contributed by atoms with Crippen molar-refractivity contribution in [2.45, 2.75) is 6.61 Å². The van der Waals surface area contributed by atoms with Gasteiger partial charge in [-0.25, -0.2) is 4.39 Å². The summed E-state index contributed by atoms with van der Waals surface area (Å²) in [7, 11) is 0. The molecule has 0 heterocycles. The number of nitrogens with zero attached hydrogens (tertiary/aromatic N) is 2. The molecule has 31 heavy (non-hydrogen) atoms. The SMILES string of the molecule is O=[N+]([O-])c1cc(OCc2ccccc2)ccc1OCCOc1c(F)cccc1[N+](=O)[O-]. The third kappa shape index (κ3) is 5.66. The second kappa shape index (κ2) is 10.0. The van der Waals surface area contributed by atoms with Crippen LogP contribution in [-0.2, 0) is 6.61 Å². The number of para-hydroxylation sites is 1. The van der Waals surface area contributed by atoms with Crippen LogP contribution in [0.2, 0.25) is 0 Å². The summed E-state index contributed by atoms with van der Waals surface area (Å²) in [6.45, 7) is -0.213. The molecule has 10 heteroatoms. The lowest BCUT2D eigenvalue weighted by Crippen LogP contribution is -2.11. The van der Waals surface area contributed by atoms with Crippen LogP contribution < -0.4 is 14.2 Å². The molecule has 0 spiro atoms. The molecule has 0 unspecified atom stereocenters. The Bertz CT molecular complexity index is 1080. The normalized spacial score (nSPS) is 10.4. The van der Waals surface area contributed by atoms with Crippen molar-refractivity contribution >= 4 is 11.4 Å². The van der Waals surface area contributed by atoms with E-state index in [1.807, 2.05) is 30.3 Å². The molecule has 0 aliphatic carbocycles. The molecule has 0 aliphatic heterocycles. The van der Waals surface area contributed by atoms with Gasteiger partial charge in [0.05, 0.1) is 15.9 Å². The molecule has 160 valence electrons. The van der Waals surface area contributed by atoms with E-state index in [9.17, 15) is 24.6 Å². The monoisotopic (exact) mass is 428 g/mol. The highest BCUT2D eigenvalue weighted by Gasteiger charge is 2.20. The highest BCUT2D eigenvalue weighted by molar-refractivity contribution is 5.51. The largest absolute Gasteiger partial charge is 0.489 e. The van der Waals surface area contributed by atoms with E-state index in [-0.39, 0.29) is 31.3 Å². The molecule has 0 saturated carbocycles. The van der Waals surface area contributed by atoms with E-state index in [2.05, 4.69) is 0 Å². The second-order valence-corrected chi connectivity index (χ2v) is 6.20. The van der Waals surface area contributed by atoms with Gasteiger partial charge in [0.1, 0.15) is 25.6 Å². The molecular weight excluding hydrogens is 411 g/mol. The van der Waals surface area contributed by atoms with Crippen LogP contribution in [0.4, 0.5) is 15.8 Å². The average molecular weight is 428 g/mol. The molecule has 3 rings (SSSR count). The third-order valence-corrected chi connectivity index (χ3v) is 4.11. The maximum Gasteiger partial charge on any atom is 0.314 e.